The molecule has 0 spiro atoms. The molecule has 3 N–H and O–H groups in total. The quantitative estimate of drug-likeness (QED) is 0.563. The van der Waals surface area contributed by atoms with Gasteiger partial charge in [0.25, 0.3) is 0 Å². The number of hydrogen-bond donors (Lipinski definition) is 2. The second-order valence-electron chi connectivity index (χ2n) is 4.26. The summed E-state index contributed by atoms with van der Waals surface area (Å²) in [5.74, 6) is 0. The Kier molecular flexibility index (Phi) is 7.05. The van der Waals surface area contributed by atoms with E-state index in [1.165, 1.54) is 12.1 Å². The number of anilines is 1. The van der Waals surface area contributed by atoms with E-state index in [0.717, 1.165) is 12.8 Å². The molecule has 0 amide bonds. The number of halogens is 2. The van der Waals surface area contributed by atoms with Crippen LogP contribution in [0, 0.1) is 0 Å². The van der Waals surface area contributed by atoms with E-state index in [4.69, 9.17) is 33.7 Å². The summed E-state index contributed by atoms with van der Waals surface area (Å²) in [5.41, 5.74) is 5.71. The molecule has 1 aromatic rings. The van der Waals surface area contributed by atoms with Gasteiger partial charge in [-0.2, -0.15) is 0 Å². The number of sulfonamides is 1. The fourth-order valence-electron chi connectivity index (χ4n) is 1.69. The van der Waals surface area contributed by atoms with Crippen molar-refractivity contribution >= 4 is 38.9 Å². The molecule has 0 aliphatic rings. The summed E-state index contributed by atoms with van der Waals surface area (Å²) in [6.07, 6.45) is 2.48. The minimum absolute atomic E-state index is 0.0156. The highest BCUT2D eigenvalue weighted by Gasteiger charge is 2.21. The maximum Gasteiger partial charge on any atom is 0.244 e. The van der Waals surface area contributed by atoms with Crippen LogP contribution in [0.1, 0.15) is 19.3 Å². The molecule has 0 saturated heterocycles. The molecule has 0 heterocycles. The summed E-state index contributed by atoms with van der Waals surface area (Å²) in [5, 5.41) is 0.313. The Morgan fingerprint density at radius 1 is 1.25 bits per heavy atom. The van der Waals surface area contributed by atoms with Crippen molar-refractivity contribution in [1.29, 1.82) is 0 Å². The molecule has 0 aromatic heterocycles. The van der Waals surface area contributed by atoms with E-state index in [1.54, 1.807) is 7.11 Å². The first-order chi connectivity index (χ1) is 9.38. The highest BCUT2D eigenvalue weighted by molar-refractivity contribution is 7.89. The second kappa shape index (κ2) is 8.05. The number of hydrogen-bond acceptors (Lipinski definition) is 4. The van der Waals surface area contributed by atoms with Crippen LogP contribution < -0.4 is 10.5 Å². The number of ether oxygens (including phenoxy) is 1. The zero-order valence-electron chi connectivity index (χ0n) is 11.2. The number of nitrogen functional groups attached to an aromatic ring is 1. The van der Waals surface area contributed by atoms with Crippen molar-refractivity contribution in [3.8, 4) is 0 Å². The van der Waals surface area contributed by atoms with Gasteiger partial charge in [-0.1, -0.05) is 23.2 Å². The van der Waals surface area contributed by atoms with Crippen LogP contribution >= 0.6 is 23.2 Å². The molecule has 0 bridgehead atoms. The lowest BCUT2D eigenvalue weighted by Gasteiger charge is -2.11. The van der Waals surface area contributed by atoms with Gasteiger partial charge in [-0.25, -0.2) is 13.1 Å². The van der Waals surface area contributed by atoms with Crippen LogP contribution in [-0.4, -0.2) is 28.7 Å². The fraction of sp³-hybridized carbons (Fsp3) is 0.500. The molecule has 0 radical (unpaired) electrons. The van der Waals surface area contributed by atoms with Gasteiger partial charge in [0, 0.05) is 25.3 Å². The number of rotatable bonds is 8. The normalized spacial score (nSPS) is 11.8. The lowest BCUT2D eigenvalue weighted by Crippen LogP contribution is -2.26. The molecule has 0 saturated carbocycles. The molecular formula is C12H18Cl2N2O3S. The molecule has 5 nitrogen and oxygen atoms in total. The van der Waals surface area contributed by atoms with Crippen LogP contribution in [0.2, 0.25) is 10.0 Å². The van der Waals surface area contributed by atoms with Gasteiger partial charge < -0.3 is 10.5 Å². The van der Waals surface area contributed by atoms with E-state index in [1.807, 2.05) is 0 Å². The van der Waals surface area contributed by atoms with Gasteiger partial charge in [-0.15, -0.1) is 0 Å². The summed E-state index contributed by atoms with van der Waals surface area (Å²) in [6.45, 7) is 0.993. The van der Waals surface area contributed by atoms with Gasteiger partial charge in [0.1, 0.15) is 4.90 Å². The second-order valence-corrected chi connectivity index (χ2v) is 6.80. The first-order valence-corrected chi connectivity index (χ1v) is 8.35. The average Bonchev–Trinajstić information content (AvgIpc) is 2.31. The molecule has 8 heteroatoms. The molecule has 114 valence electrons. The minimum Gasteiger partial charge on any atom is -0.398 e. The minimum atomic E-state index is -3.73. The molecule has 0 atom stereocenters. The lowest BCUT2D eigenvalue weighted by atomic mass is 10.2. The largest absolute Gasteiger partial charge is 0.398 e. The van der Waals surface area contributed by atoms with Crippen molar-refractivity contribution in [2.24, 2.45) is 0 Å². The average molecular weight is 341 g/mol. The van der Waals surface area contributed by atoms with Crippen molar-refractivity contribution in [1.82, 2.24) is 4.72 Å². The number of nitrogens with one attached hydrogen (secondary N) is 1. The van der Waals surface area contributed by atoms with Crippen LogP contribution in [0.25, 0.3) is 0 Å². The zero-order valence-corrected chi connectivity index (χ0v) is 13.5. The number of nitrogens with two attached hydrogens (primary N) is 1. The SMILES string of the molecule is COCCCCCNS(=O)(=O)c1c(N)cc(Cl)cc1Cl. The number of methoxy groups -OCH3 is 1. The summed E-state index contributed by atoms with van der Waals surface area (Å²) in [7, 11) is -2.10. The first-order valence-electron chi connectivity index (χ1n) is 6.11. The molecule has 1 rings (SSSR count). The number of unbranched alkanes of at least 4 members (excludes halogenated alkanes) is 2. The third-order valence-corrected chi connectivity index (χ3v) is 4.83. The van der Waals surface area contributed by atoms with E-state index in [9.17, 15) is 8.42 Å². The third kappa shape index (κ3) is 5.10. The first kappa shape index (κ1) is 17.5. The standard InChI is InChI=1S/C12H18Cl2N2O3S/c1-19-6-4-2-3-5-16-20(17,18)12-10(14)7-9(13)8-11(12)15/h7-8,16H,2-6,15H2,1H3. The van der Waals surface area contributed by atoms with E-state index in [2.05, 4.69) is 4.72 Å². The molecule has 20 heavy (non-hydrogen) atoms. The van der Waals surface area contributed by atoms with E-state index in [-0.39, 0.29) is 15.6 Å². The van der Waals surface area contributed by atoms with Crippen LogP contribution in [0.15, 0.2) is 17.0 Å². The summed E-state index contributed by atoms with van der Waals surface area (Å²) in [6, 6.07) is 2.72. The Labute approximate surface area is 129 Å². The summed E-state index contributed by atoms with van der Waals surface area (Å²) in [4.78, 5) is -0.125. The van der Waals surface area contributed by atoms with Gasteiger partial charge in [0.2, 0.25) is 10.0 Å². The predicted molar refractivity (Wildman–Crippen MR) is 81.8 cm³/mol. The van der Waals surface area contributed by atoms with Gasteiger partial charge in [-0.3, -0.25) is 0 Å². The molecule has 1 aromatic carbocycles. The Bertz CT molecular complexity index is 527. The lowest BCUT2D eigenvalue weighted by molar-refractivity contribution is 0.192. The molecule has 0 unspecified atom stereocenters. The Morgan fingerprint density at radius 2 is 1.95 bits per heavy atom. The highest BCUT2D eigenvalue weighted by Crippen LogP contribution is 2.30. The van der Waals surface area contributed by atoms with Gasteiger partial charge in [-0.05, 0) is 31.4 Å². The van der Waals surface area contributed by atoms with Crippen molar-refractivity contribution in [2.45, 2.75) is 24.2 Å². The van der Waals surface area contributed by atoms with E-state index >= 15 is 0 Å². The molecule has 0 aliphatic heterocycles. The maximum absolute atomic E-state index is 12.1. The summed E-state index contributed by atoms with van der Waals surface area (Å²) < 4.78 is 31.7. The van der Waals surface area contributed by atoms with E-state index < -0.39 is 10.0 Å². The zero-order chi connectivity index (χ0) is 15.2. The van der Waals surface area contributed by atoms with Crippen molar-refractivity contribution in [2.75, 3.05) is 26.0 Å². The Morgan fingerprint density at radius 3 is 2.55 bits per heavy atom. The van der Waals surface area contributed by atoms with Crippen LogP contribution in [0.5, 0.6) is 0 Å². The maximum atomic E-state index is 12.1. The predicted octanol–water partition coefficient (Wildman–Crippen LogP) is 2.67. The molecule has 0 fully saturated rings. The third-order valence-electron chi connectivity index (χ3n) is 2.62. The van der Waals surface area contributed by atoms with Gasteiger partial charge in [0.15, 0.2) is 0 Å². The van der Waals surface area contributed by atoms with Crippen molar-refractivity contribution in [3.05, 3.63) is 22.2 Å². The van der Waals surface area contributed by atoms with Crippen molar-refractivity contribution in [3.63, 3.8) is 0 Å². The number of benzene rings is 1. The van der Waals surface area contributed by atoms with Gasteiger partial charge in [0.05, 0.1) is 10.7 Å². The topological polar surface area (TPSA) is 81.4 Å². The van der Waals surface area contributed by atoms with Crippen LogP contribution in [0.4, 0.5) is 5.69 Å². The monoisotopic (exact) mass is 340 g/mol. The smallest absolute Gasteiger partial charge is 0.244 e. The van der Waals surface area contributed by atoms with Crippen LogP contribution in [-0.2, 0) is 14.8 Å². The summed E-state index contributed by atoms with van der Waals surface area (Å²) >= 11 is 11.7. The highest BCUT2D eigenvalue weighted by atomic mass is 35.5. The van der Waals surface area contributed by atoms with Crippen LogP contribution in [0.3, 0.4) is 0 Å². The molecule has 0 aliphatic carbocycles. The van der Waals surface area contributed by atoms with E-state index in [0.29, 0.717) is 24.6 Å². The Balaban J connectivity index is 2.66. The van der Waals surface area contributed by atoms with Gasteiger partial charge >= 0.3 is 0 Å². The van der Waals surface area contributed by atoms with Crippen molar-refractivity contribution < 1.29 is 13.2 Å². The molecular weight excluding hydrogens is 323 g/mol. The Hall–Kier alpha value is -0.530. The fourth-order valence-corrected chi connectivity index (χ4v) is 3.75.